The molecular weight excluding hydrogens is 216 g/mol. The van der Waals surface area contributed by atoms with E-state index in [1.165, 1.54) is 0 Å². The van der Waals surface area contributed by atoms with Gasteiger partial charge in [-0.05, 0) is 43.3 Å². The third-order valence-corrected chi connectivity index (χ3v) is 3.04. The predicted octanol–water partition coefficient (Wildman–Crippen LogP) is 1.81. The zero-order valence-electron chi connectivity index (χ0n) is 9.39. The van der Waals surface area contributed by atoms with Gasteiger partial charge in [0.15, 0.2) is 5.89 Å². The van der Waals surface area contributed by atoms with Crippen LogP contribution in [0.25, 0.3) is 11.3 Å². The Labute approximate surface area is 99.3 Å². The van der Waals surface area contributed by atoms with Gasteiger partial charge in [0, 0.05) is 12.0 Å². The fourth-order valence-corrected chi connectivity index (χ4v) is 1.91. The highest BCUT2D eigenvalue weighted by Crippen LogP contribution is 2.22. The van der Waals surface area contributed by atoms with Crippen LogP contribution in [0.15, 0.2) is 34.9 Å². The average molecular weight is 230 g/mol. The number of hydrogen-bond acceptors (Lipinski definition) is 4. The minimum atomic E-state index is 0.262. The molecule has 4 heteroatoms. The van der Waals surface area contributed by atoms with E-state index in [1.54, 1.807) is 18.4 Å². The second-order valence-electron chi connectivity index (χ2n) is 4.40. The standard InChI is InChI=1S/C13H14N2O2/c16-11-3-1-10(2-4-11)12-8-17-13(15-12)5-9-6-14-7-9/h1-4,8-9,14,16H,5-7H2. The van der Waals surface area contributed by atoms with Crippen molar-refractivity contribution in [3.63, 3.8) is 0 Å². The van der Waals surface area contributed by atoms with Crippen molar-refractivity contribution in [3.8, 4) is 17.0 Å². The number of phenolic OH excluding ortho intramolecular Hbond substituents is 1. The molecule has 2 heterocycles. The second kappa shape index (κ2) is 4.22. The molecule has 0 radical (unpaired) electrons. The summed E-state index contributed by atoms with van der Waals surface area (Å²) < 4.78 is 5.45. The summed E-state index contributed by atoms with van der Waals surface area (Å²) in [7, 11) is 0. The number of nitrogens with one attached hydrogen (secondary N) is 1. The molecule has 0 saturated carbocycles. The lowest BCUT2D eigenvalue weighted by molar-refractivity contribution is 0.318. The number of nitrogens with zero attached hydrogens (tertiary/aromatic N) is 1. The van der Waals surface area contributed by atoms with Crippen LogP contribution in [0.1, 0.15) is 5.89 Å². The summed E-state index contributed by atoms with van der Waals surface area (Å²) in [5.41, 5.74) is 1.79. The number of aromatic hydroxyl groups is 1. The SMILES string of the molecule is Oc1ccc(-c2coc(CC3CNC3)n2)cc1. The van der Waals surface area contributed by atoms with Crippen molar-refractivity contribution in [1.82, 2.24) is 10.3 Å². The van der Waals surface area contributed by atoms with Crippen molar-refractivity contribution in [1.29, 1.82) is 0 Å². The van der Waals surface area contributed by atoms with E-state index in [9.17, 15) is 5.11 Å². The van der Waals surface area contributed by atoms with Gasteiger partial charge < -0.3 is 14.8 Å². The van der Waals surface area contributed by atoms with Crippen LogP contribution in [0.4, 0.5) is 0 Å². The minimum Gasteiger partial charge on any atom is -0.508 e. The molecule has 88 valence electrons. The van der Waals surface area contributed by atoms with E-state index < -0.39 is 0 Å². The Bertz CT molecular complexity index is 500. The Morgan fingerprint density at radius 1 is 1.29 bits per heavy atom. The van der Waals surface area contributed by atoms with E-state index in [0.29, 0.717) is 5.92 Å². The molecule has 2 aromatic rings. The van der Waals surface area contributed by atoms with Crippen molar-refractivity contribution in [3.05, 3.63) is 36.4 Å². The first-order valence-electron chi connectivity index (χ1n) is 5.76. The molecule has 4 nitrogen and oxygen atoms in total. The van der Waals surface area contributed by atoms with Crippen LogP contribution in [-0.2, 0) is 6.42 Å². The van der Waals surface area contributed by atoms with Gasteiger partial charge in [-0.1, -0.05) is 0 Å². The molecule has 0 amide bonds. The molecule has 0 bridgehead atoms. The number of aromatic nitrogens is 1. The van der Waals surface area contributed by atoms with Crippen LogP contribution in [0.5, 0.6) is 5.75 Å². The van der Waals surface area contributed by atoms with E-state index in [1.807, 2.05) is 12.1 Å². The van der Waals surface area contributed by atoms with E-state index in [2.05, 4.69) is 10.3 Å². The zero-order valence-corrected chi connectivity index (χ0v) is 9.39. The third-order valence-electron chi connectivity index (χ3n) is 3.04. The molecule has 0 spiro atoms. The van der Waals surface area contributed by atoms with E-state index >= 15 is 0 Å². The molecule has 1 aliphatic heterocycles. The Morgan fingerprint density at radius 3 is 2.71 bits per heavy atom. The summed E-state index contributed by atoms with van der Waals surface area (Å²) >= 11 is 0. The maximum atomic E-state index is 9.22. The first kappa shape index (κ1) is 10.4. The Balaban J connectivity index is 1.76. The monoisotopic (exact) mass is 230 g/mol. The summed E-state index contributed by atoms with van der Waals surface area (Å²) in [6.07, 6.45) is 2.57. The van der Waals surface area contributed by atoms with E-state index in [0.717, 1.165) is 36.7 Å². The Hall–Kier alpha value is -1.81. The first-order valence-corrected chi connectivity index (χ1v) is 5.76. The number of hydrogen-bond donors (Lipinski definition) is 2. The summed E-state index contributed by atoms with van der Waals surface area (Å²) in [4.78, 5) is 4.46. The third kappa shape index (κ3) is 2.17. The number of oxazole rings is 1. The van der Waals surface area contributed by atoms with Crippen LogP contribution < -0.4 is 5.32 Å². The van der Waals surface area contributed by atoms with Crippen molar-refractivity contribution in [2.45, 2.75) is 6.42 Å². The molecule has 1 aromatic heterocycles. The lowest BCUT2D eigenvalue weighted by Crippen LogP contribution is -2.43. The van der Waals surface area contributed by atoms with Gasteiger partial charge in [-0.2, -0.15) is 0 Å². The lowest BCUT2D eigenvalue weighted by atomic mass is 10.00. The molecule has 2 N–H and O–H groups in total. The van der Waals surface area contributed by atoms with Crippen molar-refractivity contribution in [2.24, 2.45) is 5.92 Å². The molecule has 0 atom stereocenters. The van der Waals surface area contributed by atoms with E-state index in [-0.39, 0.29) is 5.75 Å². The molecule has 0 aliphatic carbocycles. The van der Waals surface area contributed by atoms with Crippen LogP contribution in [0.2, 0.25) is 0 Å². The predicted molar refractivity (Wildman–Crippen MR) is 63.7 cm³/mol. The minimum absolute atomic E-state index is 0.262. The van der Waals surface area contributed by atoms with Gasteiger partial charge in [-0.25, -0.2) is 4.98 Å². The summed E-state index contributed by atoms with van der Waals surface area (Å²) in [5.74, 6) is 1.71. The fourth-order valence-electron chi connectivity index (χ4n) is 1.91. The zero-order chi connectivity index (χ0) is 11.7. The molecule has 1 aliphatic rings. The van der Waals surface area contributed by atoms with Crippen LogP contribution in [0.3, 0.4) is 0 Å². The maximum absolute atomic E-state index is 9.22. The summed E-state index contributed by atoms with van der Waals surface area (Å²) in [5, 5.41) is 12.4. The first-order chi connectivity index (χ1) is 8.31. The number of rotatable bonds is 3. The molecule has 17 heavy (non-hydrogen) atoms. The van der Waals surface area contributed by atoms with Crippen LogP contribution >= 0.6 is 0 Å². The van der Waals surface area contributed by atoms with Gasteiger partial charge in [0.25, 0.3) is 0 Å². The van der Waals surface area contributed by atoms with Crippen LogP contribution in [0, 0.1) is 5.92 Å². The molecule has 0 unspecified atom stereocenters. The van der Waals surface area contributed by atoms with Crippen LogP contribution in [-0.4, -0.2) is 23.2 Å². The normalized spacial score (nSPS) is 15.8. The highest BCUT2D eigenvalue weighted by atomic mass is 16.3. The highest BCUT2D eigenvalue weighted by molar-refractivity contribution is 5.58. The average Bonchev–Trinajstić information content (AvgIpc) is 2.73. The molecule has 1 aromatic carbocycles. The quantitative estimate of drug-likeness (QED) is 0.844. The van der Waals surface area contributed by atoms with Gasteiger partial charge in [-0.3, -0.25) is 0 Å². The van der Waals surface area contributed by atoms with E-state index in [4.69, 9.17) is 4.42 Å². The van der Waals surface area contributed by atoms with Gasteiger partial charge in [0.1, 0.15) is 17.7 Å². The topological polar surface area (TPSA) is 58.3 Å². The lowest BCUT2D eigenvalue weighted by Gasteiger charge is -2.25. The second-order valence-corrected chi connectivity index (χ2v) is 4.40. The van der Waals surface area contributed by atoms with Crippen molar-refractivity contribution in [2.75, 3.05) is 13.1 Å². The Morgan fingerprint density at radius 2 is 2.06 bits per heavy atom. The number of benzene rings is 1. The van der Waals surface area contributed by atoms with Gasteiger partial charge in [-0.15, -0.1) is 0 Å². The fraction of sp³-hybridized carbons (Fsp3) is 0.308. The molecule has 1 saturated heterocycles. The maximum Gasteiger partial charge on any atom is 0.194 e. The highest BCUT2D eigenvalue weighted by Gasteiger charge is 2.19. The van der Waals surface area contributed by atoms with Crippen molar-refractivity contribution < 1.29 is 9.52 Å². The molecule has 1 fully saturated rings. The largest absolute Gasteiger partial charge is 0.508 e. The van der Waals surface area contributed by atoms with Gasteiger partial charge in [0.2, 0.25) is 0 Å². The molecule has 3 rings (SSSR count). The molecular formula is C13H14N2O2. The smallest absolute Gasteiger partial charge is 0.194 e. The van der Waals surface area contributed by atoms with Gasteiger partial charge in [0.05, 0.1) is 0 Å². The number of phenols is 1. The van der Waals surface area contributed by atoms with Gasteiger partial charge >= 0.3 is 0 Å². The summed E-state index contributed by atoms with van der Waals surface area (Å²) in [6.45, 7) is 2.11. The summed E-state index contributed by atoms with van der Waals surface area (Å²) in [6, 6.07) is 6.98. The Kier molecular flexibility index (Phi) is 2.57. The van der Waals surface area contributed by atoms with Crippen molar-refractivity contribution >= 4 is 0 Å².